The summed E-state index contributed by atoms with van der Waals surface area (Å²) in [5, 5.41) is 2.82. The lowest BCUT2D eigenvalue weighted by molar-refractivity contribution is 0.0935. The number of nitrogens with one attached hydrogen (secondary N) is 1. The lowest BCUT2D eigenvalue weighted by Gasteiger charge is -2.17. The quantitative estimate of drug-likeness (QED) is 0.792. The van der Waals surface area contributed by atoms with Crippen LogP contribution in [-0.4, -0.2) is 5.91 Å². The van der Waals surface area contributed by atoms with E-state index in [1.54, 1.807) is 30.5 Å². The Morgan fingerprint density at radius 2 is 1.68 bits per heavy atom. The molecule has 4 heteroatoms. The highest BCUT2D eigenvalue weighted by Gasteiger charge is 2.21. The summed E-state index contributed by atoms with van der Waals surface area (Å²) in [6.07, 6.45) is 1.54. The van der Waals surface area contributed by atoms with Gasteiger partial charge in [0.15, 0.2) is 0 Å². The van der Waals surface area contributed by atoms with Gasteiger partial charge >= 0.3 is 0 Å². The van der Waals surface area contributed by atoms with Crippen LogP contribution in [0.25, 0.3) is 0 Å². The predicted molar refractivity (Wildman–Crippen MR) is 80.9 cm³/mol. The molecule has 3 rings (SSSR count). The highest BCUT2D eigenvalue weighted by molar-refractivity contribution is 5.94. The molecule has 1 N–H and O–H groups in total. The van der Waals surface area contributed by atoms with Crippen LogP contribution in [-0.2, 0) is 0 Å². The van der Waals surface area contributed by atoms with Crippen molar-refractivity contribution in [2.45, 2.75) is 6.04 Å². The third kappa shape index (κ3) is 2.91. The number of rotatable bonds is 4. The zero-order valence-electron chi connectivity index (χ0n) is 11.7. The van der Waals surface area contributed by atoms with Gasteiger partial charge in [0.25, 0.3) is 5.91 Å². The van der Waals surface area contributed by atoms with Crippen molar-refractivity contribution in [1.29, 1.82) is 0 Å². The second kappa shape index (κ2) is 6.26. The van der Waals surface area contributed by atoms with Crippen molar-refractivity contribution in [3.8, 4) is 0 Å². The van der Waals surface area contributed by atoms with E-state index in [1.165, 1.54) is 12.1 Å². The molecule has 1 aromatic heterocycles. The monoisotopic (exact) mass is 295 g/mol. The van der Waals surface area contributed by atoms with Gasteiger partial charge in [-0.25, -0.2) is 4.39 Å². The molecule has 2 aromatic carbocycles. The molecule has 0 saturated carbocycles. The first-order valence-corrected chi connectivity index (χ1v) is 6.89. The van der Waals surface area contributed by atoms with E-state index < -0.39 is 17.8 Å². The van der Waals surface area contributed by atoms with E-state index in [0.717, 1.165) is 5.56 Å². The van der Waals surface area contributed by atoms with Gasteiger partial charge in [-0.05, 0) is 29.8 Å². The largest absolute Gasteiger partial charge is 0.467 e. The molecule has 3 aromatic rings. The fourth-order valence-corrected chi connectivity index (χ4v) is 2.27. The molecule has 0 bridgehead atoms. The Hall–Kier alpha value is -2.88. The van der Waals surface area contributed by atoms with Gasteiger partial charge in [-0.2, -0.15) is 0 Å². The fraction of sp³-hybridized carbons (Fsp3) is 0.0556. The maximum absolute atomic E-state index is 13.8. The topological polar surface area (TPSA) is 42.2 Å². The molecule has 0 radical (unpaired) electrons. The Kier molecular flexibility index (Phi) is 4.01. The summed E-state index contributed by atoms with van der Waals surface area (Å²) < 4.78 is 19.2. The summed E-state index contributed by atoms with van der Waals surface area (Å²) in [5.41, 5.74) is 0.872. The third-order valence-corrected chi connectivity index (χ3v) is 3.35. The number of hydrogen-bond acceptors (Lipinski definition) is 2. The van der Waals surface area contributed by atoms with Crippen LogP contribution in [0, 0.1) is 5.82 Å². The van der Waals surface area contributed by atoms with Crippen molar-refractivity contribution in [3.63, 3.8) is 0 Å². The van der Waals surface area contributed by atoms with Gasteiger partial charge in [-0.3, -0.25) is 4.79 Å². The number of halogens is 1. The first-order valence-electron chi connectivity index (χ1n) is 6.89. The Balaban J connectivity index is 1.91. The molecule has 0 aliphatic heterocycles. The van der Waals surface area contributed by atoms with E-state index in [1.807, 2.05) is 30.3 Å². The van der Waals surface area contributed by atoms with Crippen LogP contribution in [0.2, 0.25) is 0 Å². The SMILES string of the molecule is O=C(N[C@H](c1ccccc1)c1ccco1)c1ccccc1F. The molecule has 1 atom stereocenters. The minimum atomic E-state index is -0.550. The summed E-state index contributed by atoms with van der Waals surface area (Å²) >= 11 is 0. The van der Waals surface area contributed by atoms with E-state index in [4.69, 9.17) is 4.42 Å². The van der Waals surface area contributed by atoms with E-state index in [9.17, 15) is 9.18 Å². The minimum absolute atomic E-state index is 0.00925. The zero-order chi connectivity index (χ0) is 15.4. The van der Waals surface area contributed by atoms with Gasteiger partial charge in [-0.15, -0.1) is 0 Å². The smallest absolute Gasteiger partial charge is 0.255 e. The van der Waals surface area contributed by atoms with Crippen molar-refractivity contribution in [1.82, 2.24) is 5.32 Å². The van der Waals surface area contributed by atoms with Crippen LogP contribution in [0.15, 0.2) is 77.4 Å². The van der Waals surface area contributed by atoms with Crippen LogP contribution < -0.4 is 5.32 Å². The highest BCUT2D eigenvalue weighted by Crippen LogP contribution is 2.23. The molecule has 3 nitrogen and oxygen atoms in total. The summed E-state index contributed by atoms with van der Waals surface area (Å²) in [6.45, 7) is 0. The summed E-state index contributed by atoms with van der Waals surface area (Å²) in [4.78, 5) is 12.4. The molecule has 0 aliphatic carbocycles. The first-order chi connectivity index (χ1) is 10.8. The summed E-state index contributed by atoms with van der Waals surface area (Å²) in [5.74, 6) is -0.439. The highest BCUT2D eigenvalue weighted by atomic mass is 19.1. The van der Waals surface area contributed by atoms with Gasteiger partial charge in [0.05, 0.1) is 11.8 Å². The molecule has 0 saturated heterocycles. The molecular formula is C18H14FNO2. The van der Waals surface area contributed by atoms with E-state index >= 15 is 0 Å². The standard InChI is InChI=1S/C18H14FNO2/c19-15-10-5-4-9-14(15)18(21)20-17(16-11-6-12-22-16)13-7-2-1-3-8-13/h1-12,17H,(H,20,21)/t17-/m1/s1. The van der Waals surface area contributed by atoms with Gasteiger partial charge in [-0.1, -0.05) is 42.5 Å². The van der Waals surface area contributed by atoms with Gasteiger partial charge in [0.2, 0.25) is 0 Å². The number of carbonyl (C=O) groups is 1. The van der Waals surface area contributed by atoms with Gasteiger partial charge in [0, 0.05) is 0 Å². The summed E-state index contributed by atoms with van der Waals surface area (Å²) in [7, 11) is 0. The molecule has 0 aliphatic rings. The maximum atomic E-state index is 13.8. The second-order valence-electron chi connectivity index (χ2n) is 4.81. The second-order valence-corrected chi connectivity index (χ2v) is 4.81. The van der Waals surface area contributed by atoms with E-state index in [0.29, 0.717) is 5.76 Å². The predicted octanol–water partition coefficient (Wildman–Crippen LogP) is 3.94. The molecule has 1 heterocycles. The molecular weight excluding hydrogens is 281 g/mol. The zero-order valence-corrected chi connectivity index (χ0v) is 11.7. The molecule has 0 unspecified atom stereocenters. The lowest BCUT2D eigenvalue weighted by Crippen LogP contribution is -2.29. The Morgan fingerprint density at radius 1 is 0.955 bits per heavy atom. The summed E-state index contributed by atoms with van der Waals surface area (Å²) in [6, 6.07) is 18.4. The van der Waals surface area contributed by atoms with Crippen LogP contribution >= 0.6 is 0 Å². The minimum Gasteiger partial charge on any atom is -0.467 e. The molecule has 1 amide bonds. The van der Waals surface area contributed by atoms with Crippen LogP contribution in [0.1, 0.15) is 27.7 Å². The van der Waals surface area contributed by atoms with Gasteiger partial charge < -0.3 is 9.73 Å². The number of hydrogen-bond donors (Lipinski definition) is 1. The first kappa shape index (κ1) is 14.1. The van der Waals surface area contributed by atoms with Crippen molar-refractivity contribution in [2.24, 2.45) is 0 Å². The lowest BCUT2D eigenvalue weighted by atomic mass is 10.0. The van der Waals surface area contributed by atoms with Crippen LogP contribution in [0.3, 0.4) is 0 Å². The maximum Gasteiger partial charge on any atom is 0.255 e. The number of amides is 1. The Morgan fingerprint density at radius 3 is 2.36 bits per heavy atom. The third-order valence-electron chi connectivity index (χ3n) is 3.35. The average Bonchev–Trinajstić information content (AvgIpc) is 3.08. The number of benzene rings is 2. The molecule has 0 spiro atoms. The normalized spacial score (nSPS) is 11.9. The fourth-order valence-electron chi connectivity index (χ4n) is 2.27. The number of carbonyl (C=O) groups excluding carboxylic acids is 1. The van der Waals surface area contributed by atoms with E-state index in [2.05, 4.69) is 5.32 Å². The molecule has 110 valence electrons. The van der Waals surface area contributed by atoms with Crippen LogP contribution in [0.5, 0.6) is 0 Å². The van der Waals surface area contributed by atoms with Crippen molar-refractivity contribution in [3.05, 3.63) is 95.7 Å². The Labute approximate surface area is 127 Å². The van der Waals surface area contributed by atoms with Gasteiger partial charge in [0.1, 0.15) is 17.6 Å². The average molecular weight is 295 g/mol. The van der Waals surface area contributed by atoms with E-state index in [-0.39, 0.29) is 5.56 Å². The molecule has 0 fully saturated rings. The Bertz CT molecular complexity index is 754. The molecule has 22 heavy (non-hydrogen) atoms. The van der Waals surface area contributed by atoms with Crippen molar-refractivity contribution in [2.75, 3.05) is 0 Å². The van der Waals surface area contributed by atoms with Crippen LogP contribution in [0.4, 0.5) is 4.39 Å². The van der Waals surface area contributed by atoms with Crippen molar-refractivity contribution < 1.29 is 13.6 Å². The van der Waals surface area contributed by atoms with Crippen molar-refractivity contribution >= 4 is 5.91 Å². The number of furan rings is 1.